The molecule has 0 unspecified atom stereocenters. The molecule has 0 amide bonds. The van der Waals surface area contributed by atoms with Crippen LogP contribution in [-0.4, -0.2) is 14.2 Å². The zero-order chi connectivity index (χ0) is 14.5. The average Bonchev–Trinajstić information content (AvgIpc) is 2.48. The number of aryl methyl sites for hydroxylation is 1. The van der Waals surface area contributed by atoms with Crippen LogP contribution in [0.5, 0.6) is 11.5 Å². The molecule has 2 rings (SSSR count). The SMILES string of the molecule is COc1cccc(OC)c1CCc1ccc(F)c(N)c1. The minimum Gasteiger partial charge on any atom is -0.496 e. The quantitative estimate of drug-likeness (QED) is 0.852. The number of hydrogen-bond acceptors (Lipinski definition) is 3. The zero-order valence-corrected chi connectivity index (χ0v) is 11.7. The first-order valence-corrected chi connectivity index (χ1v) is 6.39. The lowest BCUT2D eigenvalue weighted by molar-refractivity contribution is 0.385. The van der Waals surface area contributed by atoms with E-state index >= 15 is 0 Å². The van der Waals surface area contributed by atoms with Gasteiger partial charge in [-0.1, -0.05) is 12.1 Å². The summed E-state index contributed by atoms with van der Waals surface area (Å²) in [5, 5.41) is 0. The van der Waals surface area contributed by atoms with E-state index in [1.54, 1.807) is 26.4 Å². The summed E-state index contributed by atoms with van der Waals surface area (Å²) in [6.45, 7) is 0. The van der Waals surface area contributed by atoms with Gasteiger partial charge in [-0.25, -0.2) is 4.39 Å². The molecule has 0 radical (unpaired) electrons. The number of rotatable bonds is 5. The molecule has 0 aromatic heterocycles. The van der Waals surface area contributed by atoms with Crippen molar-refractivity contribution in [2.45, 2.75) is 12.8 Å². The molecule has 0 atom stereocenters. The Hall–Kier alpha value is -2.23. The van der Waals surface area contributed by atoms with Gasteiger partial charge in [-0.05, 0) is 42.7 Å². The maximum Gasteiger partial charge on any atom is 0.146 e. The summed E-state index contributed by atoms with van der Waals surface area (Å²) in [6.07, 6.45) is 1.47. The summed E-state index contributed by atoms with van der Waals surface area (Å²) in [6, 6.07) is 10.5. The third-order valence-electron chi connectivity index (χ3n) is 3.25. The van der Waals surface area contributed by atoms with Gasteiger partial charge in [0.25, 0.3) is 0 Å². The average molecular weight is 275 g/mol. The molecule has 4 heteroatoms. The van der Waals surface area contributed by atoms with Crippen molar-refractivity contribution in [3.63, 3.8) is 0 Å². The summed E-state index contributed by atoms with van der Waals surface area (Å²) >= 11 is 0. The van der Waals surface area contributed by atoms with E-state index in [2.05, 4.69) is 0 Å². The number of benzene rings is 2. The maximum absolute atomic E-state index is 13.1. The molecule has 2 N–H and O–H groups in total. The van der Waals surface area contributed by atoms with Crippen LogP contribution >= 0.6 is 0 Å². The number of methoxy groups -OCH3 is 2. The molecule has 2 aromatic rings. The predicted octanol–water partition coefficient (Wildman–Crippen LogP) is 3.21. The number of ether oxygens (including phenoxy) is 2. The van der Waals surface area contributed by atoms with Gasteiger partial charge in [0.05, 0.1) is 19.9 Å². The van der Waals surface area contributed by atoms with Crippen LogP contribution in [-0.2, 0) is 12.8 Å². The van der Waals surface area contributed by atoms with Crippen molar-refractivity contribution in [3.05, 3.63) is 53.3 Å². The molecule has 0 aliphatic rings. The summed E-state index contributed by atoms with van der Waals surface area (Å²) in [5.74, 6) is 1.20. The minimum atomic E-state index is -0.386. The third-order valence-corrected chi connectivity index (χ3v) is 3.25. The molecule has 0 fully saturated rings. The van der Waals surface area contributed by atoms with E-state index in [0.717, 1.165) is 35.5 Å². The van der Waals surface area contributed by atoms with Crippen LogP contribution in [0.25, 0.3) is 0 Å². The second-order valence-corrected chi connectivity index (χ2v) is 4.50. The lowest BCUT2D eigenvalue weighted by atomic mass is 10.0. The fourth-order valence-electron chi connectivity index (χ4n) is 2.19. The van der Waals surface area contributed by atoms with Crippen LogP contribution in [0.15, 0.2) is 36.4 Å². The summed E-state index contributed by atoms with van der Waals surface area (Å²) < 4.78 is 23.8. The number of nitrogens with two attached hydrogens (primary N) is 1. The number of halogens is 1. The van der Waals surface area contributed by atoms with Gasteiger partial charge in [0.2, 0.25) is 0 Å². The highest BCUT2D eigenvalue weighted by atomic mass is 19.1. The minimum absolute atomic E-state index is 0.175. The first kappa shape index (κ1) is 14.2. The van der Waals surface area contributed by atoms with Crippen molar-refractivity contribution in [2.24, 2.45) is 0 Å². The fourth-order valence-corrected chi connectivity index (χ4v) is 2.19. The van der Waals surface area contributed by atoms with Gasteiger partial charge in [-0.15, -0.1) is 0 Å². The monoisotopic (exact) mass is 275 g/mol. The molecule has 0 aliphatic heterocycles. The Balaban J connectivity index is 2.19. The van der Waals surface area contributed by atoms with Crippen LogP contribution in [0.3, 0.4) is 0 Å². The Kier molecular flexibility index (Phi) is 4.45. The Bertz CT molecular complexity index is 577. The highest BCUT2D eigenvalue weighted by Crippen LogP contribution is 2.29. The molecule has 0 saturated carbocycles. The summed E-state index contributed by atoms with van der Waals surface area (Å²) in [7, 11) is 3.27. The molecular weight excluding hydrogens is 257 g/mol. The van der Waals surface area contributed by atoms with E-state index in [1.165, 1.54) is 6.07 Å². The maximum atomic E-state index is 13.1. The fraction of sp³-hybridized carbons (Fsp3) is 0.250. The molecule has 106 valence electrons. The second-order valence-electron chi connectivity index (χ2n) is 4.50. The van der Waals surface area contributed by atoms with Crippen molar-refractivity contribution < 1.29 is 13.9 Å². The lowest BCUT2D eigenvalue weighted by Gasteiger charge is -2.13. The Morgan fingerprint density at radius 3 is 2.20 bits per heavy atom. The van der Waals surface area contributed by atoms with E-state index in [1.807, 2.05) is 18.2 Å². The molecule has 0 heterocycles. The van der Waals surface area contributed by atoms with Crippen molar-refractivity contribution in [1.29, 1.82) is 0 Å². The van der Waals surface area contributed by atoms with Crippen LogP contribution in [0.4, 0.5) is 10.1 Å². The molecule has 0 saturated heterocycles. The summed E-state index contributed by atoms with van der Waals surface area (Å²) in [5.41, 5.74) is 7.74. The van der Waals surface area contributed by atoms with Crippen LogP contribution < -0.4 is 15.2 Å². The number of hydrogen-bond donors (Lipinski definition) is 1. The Morgan fingerprint density at radius 2 is 1.65 bits per heavy atom. The molecular formula is C16H18FNO2. The van der Waals surface area contributed by atoms with Crippen LogP contribution in [0, 0.1) is 5.82 Å². The first-order valence-electron chi connectivity index (χ1n) is 6.39. The molecule has 2 aromatic carbocycles. The van der Waals surface area contributed by atoms with Gasteiger partial charge >= 0.3 is 0 Å². The van der Waals surface area contributed by atoms with E-state index in [9.17, 15) is 4.39 Å². The zero-order valence-electron chi connectivity index (χ0n) is 11.7. The largest absolute Gasteiger partial charge is 0.496 e. The van der Waals surface area contributed by atoms with Crippen molar-refractivity contribution in [3.8, 4) is 11.5 Å². The van der Waals surface area contributed by atoms with Gasteiger partial charge in [-0.2, -0.15) is 0 Å². The van der Waals surface area contributed by atoms with E-state index in [-0.39, 0.29) is 11.5 Å². The van der Waals surface area contributed by atoms with Crippen molar-refractivity contribution >= 4 is 5.69 Å². The van der Waals surface area contributed by atoms with Gasteiger partial charge in [0.15, 0.2) is 0 Å². The van der Waals surface area contributed by atoms with Gasteiger partial charge in [0.1, 0.15) is 17.3 Å². The third kappa shape index (κ3) is 3.02. The Morgan fingerprint density at radius 1 is 1.00 bits per heavy atom. The van der Waals surface area contributed by atoms with Crippen molar-refractivity contribution in [2.75, 3.05) is 20.0 Å². The molecule has 0 bridgehead atoms. The normalized spacial score (nSPS) is 10.3. The van der Waals surface area contributed by atoms with Crippen LogP contribution in [0.2, 0.25) is 0 Å². The van der Waals surface area contributed by atoms with Gasteiger partial charge in [0, 0.05) is 5.56 Å². The molecule has 0 aliphatic carbocycles. The predicted molar refractivity (Wildman–Crippen MR) is 77.8 cm³/mol. The molecule has 3 nitrogen and oxygen atoms in total. The van der Waals surface area contributed by atoms with E-state index in [0.29, 0.717) is 0 Å². The van der Waals surface area contributed by atoms with Gasteiger partial charge in [-0.3, -0.25) is 0 Å². The second kappa shape index (κ2) is 6.28. The standard InChI is InChI=1S/C16H18FNO2/c1-19-15-4-3-5-16(20-2)12(15)8-6-11-7-9-13(17)14(18)10-11/h3-5,7,9-10H,6,8,18H2,1-2H3. The first-order chi connectivity index (χ1) is 9.65. The molecule has 20 heavy (non-hydrogen) atoms. The number of nitrogen functional groups attached to an aromatic ring is 1. The summed E-state index contributed by atoms with van der Waals surface area (Å²) in [4.78, 5) is 0. The topological polar surface area (TPSA) is 44.5 Å². The van der Waals surface area contributed by atoms with Crippen LogP contribution in [0.1, 0.15) is 11.1 Å². The van der Waals surface area contributed by atoms with E-state index in [4.69, 9.17) is 15.2 Å². The van der Waals surface area contributed by atoms with Gasteiger partial charge < -0.3 is 15.2 Å². The molecule has 0 spiro atoms. The highest BCUT2D eigenvalue weighted by Gasteiger charge is 2.10. The lowest BCUT2D eigenvalue weighted by Crippen LogP contribution is -2.00. The number of anilines is 1. The highest BCUT2D eigenvalue weighted by molar-refractivity contribution is 5.46. The van der Waals surface area contributed by atoms with Crippen molar-refractivity contribution in [1.82, 2.24) is 0 Å². The Labute approximate surface area is 118 Å². The van der Waals surface area contributed by atoms with E-state index < -0.39 is 0 Å². The smallest absolute Gasteiger partial charge is 0.146 e.